The van der Waals surface area contributed by atoms with Crippen molar-refractivity contribution in [2.24, 2.45) is 11.7 Å². The number of halogens is 1. The van der Waals surface area contributed by atoms with Gasteiger partial charge in [0.2, 0.25) is 5.91 Å². The Bertz CT molecular complexity index is 619. The number of amides is 1. The number of carbonyl (C=O) groups is 2. The molecule has 0 aromatic heterocycles. The molecule has 1 amide bonds. The number of esters is 1. The van der Waals surface area contributed by atoms with Gasteiger partial charge in [-0.2, -0.15) is 0 Å². The first-order chi connectivity index (χ1) is 11.3. The summed E-state index contributed by atoms with van der Waals surface area (Å²) in [7, 11) is 1.31. The predicted octanol–water partition coefficient (Wildman–Crippen LogP) is 2.81. The van der Waals surface area contributed by atoms with Crippen LogP contribution in [0.3, 0.4) is 0 Å². The molecule has 1 aromatic carbocycles. The fourth-order valence-corrected chi connectivity index (χ4v) is 3.08. The molecule has 1 aliphatic carbocycles. The second-order valence-corrected chi connectivity index (χ2v) is 6.63. The second-order valence-electron chi connectivity index (χ2n) is 6.63. The molecule has 7 heteroatoms. The van der Waals surface area contributed by atoms with Crippen molar-refractivity contribution in [2.45, 2.75) is 45.1 Å². The van der Waals surface area contributed by atoms with Crippen LogP contribution in [-0.2, 0) is 14.3 Å². The number of hydrogen-bond donors (Lipinski definition) is 2. The standard InChI is InChI=1S/C18H26N2O4.ClH/c1-12-10-13(24-11-16(21)23-3)7-8-15(12)20-17(22)14-6-4-5-9-18(14,2)19;/h7-8,10,14H,4-6,9,11,19H2,1-3H3,(H,20,22);1H. The summed E-state index contributed by atoms with van der Waals surface area (Å²) in [4.78, 5) is 23.7. The SMILES string of the molecule is COC(=O)COc1ccc(NC(=O)C2CCCCC2(C)N)c(C)c1.Cl. The Morgan fingerprint density at radius 1 is 1.36 bits per heavy atom. The maximum absolute atomic E-state index is 12.6. The number of rotatable bonds is 5. The Balaban J connectivity index is 0.00000312. The van der Waals surface area contributed by atoms with Crippen LogP contribution in [0.4, 0.5) is 5.69 Å². The van der Waals surface area contributed by atoms with E-state index in [9.17, 15) is 9.59 Å². The lowest BCUT2D eigenvalue weighted by Crippen LogP contribution is -2.51. The van der Waals surface area contributed by atoms with E-state index in [2.05, 4.69) is 10.1 Å². The van der Waals surface area contributed by atoms with Crippen molar-refractivity contribution in [3.8, 4) is 5.75 Å². The molecule has 1 fully saturated rings. The summed E-state index contributed by atoms with van der Waals surface area (Å²) in [5.41, 5.74) is 7.43. The van der Waals surface area contributed by atoms with E-state index in [4.69, 9.17) is 10.5 Å². The first-order valence-corrected chi connectivity index (χ1v) is 8.23. The molecule has 6 nitrogen and oxygen atoms in total. The van der Waals surface area contributed by atoms with E-state index in [1.807, 2.05) is 13.8 Å². The highest BCUT2D eigenvalue weighted by atomic mass is 35.5. The summed E-state index contributed by atoms with van der Waals surface area (Å²) < 4.78 is 9.87. The van der Waals surface area contributed by atoms with Crippen LogP contribution in [0.2, 0.25) is 0 Å². The molecule has 3 N–H and O–H groups in total. The minimum atomic E-state index is -0.459. The van der Waals surface area contributed by atoms with Crippen LogP contribution in [0.1, 0.15) is 38.2 Å². The van der Waals surface area contributed by atoms with Gasteiger partial charge < -0.3 is 20.5 Å². The zero-order valence-corrected chi connectivity index (χ0v) is 15.8. The summed E-state index contributed by atoms with van der Waals surface area (Å²) in [5, 5.41) is 2.97. The van der Waals surface area contributed by atoms with E-state index in [0.717, 1.165) is 36.9 Å². The van der Waals surface area contributed by atoms with Crippen LogP contribution < -0.4 is 15.8 Å². The van der Waals surface area contributed by atoms with Crippen molar-refractivity contribution in [1.29, 1.82) is 0 Å². The lowest BCUT2D eigenvalue weighted by atomic mass is 9.74. The number of benzene rings is 1. The van der Waals surface area contributed by atoms with E-state index >= 15 is 0 Å². The van der Waals surface area contributed by atoms with Gasteiger partial charge in [-0.1, -0.05) is 12.8 Å². The molecule has 0 radical (unpaired) electrons. The molecule has 0 saturated heterocycles. The normalized spacial score (nSPS) is 22.5. The summed E-state index contributed by atoms with van der Waals surface area (Å²) in [6.45, 7) is 3.69. The van der Waals surface area contributed by atoms with Gasteiger partial charge in [0.25, 0.3) is 0 Å². The van der Waals surface area contributed by atoms with Crippen molar-refractivity contribution in [2.75, 3.05) is 19.0 Å². The predicted molar refractivity (Wildman–Crippen MR) is 99.1 cm³/mol. The van der Waals surface area contributed by atoms with E-state index < -0.39 is 11.5 Å². The number of nitrogens with two attached hydrogens (primary N) is 1. The van der Waals surface area contributed by atoms with Gasteiger partial charge >= 0.3 is 5.97 Å². The monoisotopic (exact) mass is 370 g/mol. The lowest BCUT2D eigenvalue weighted by molar-refractivity contribution is -0.142. The fraction of sp³-hybridized carbons (Fsp3) is 0.556. The molecule has 140 valence electrons. The summed E-state index contributed by atoms with van der Waals surface area (Å²) in [6.07, 6.45) is 3.79. The van der Waals surface area contributed by atoms with E-state index in [1.54, 1.807) is 18.2 Å². The zero-order chi connectivity index (χ0) is 17.7. The molecule has 1 aromatic rings. The maximum atomic E-state index is 12.6. The Morgan fingerprint density at radius 3 is 2.68 bits per heavy atom. The molecule has 2 atom stereocenters. The molecule has 1 saturated carbocycles. The Labute approximate surface area is 154 Å². The first kappa shape index (κ1) is 21.3. The molecule has 2 unspecified atom stereocenters. The molecule has 0 aliphatic heterocycles. The number of ether oxygens (including phenoxy) is 2. The fourth-order valence-electron chi connectivity index (χ4n) is 3.08. The number of anilines is 1. The summed E-state index contributed by atoms with van der Waals surface area (Å²) in [6, 6.07) is 5.27. The van der Waals surface area contributed by atoms with Crippen molar-refractivity contribution in [1.82, 2.24) is 0 Å². The Morgan fingerprint density at radius 2 is 2.08 bits per heavy atom. The second kappa shape index (κ2) is 9.06. The van der Waals surface area contributed by atoms with Gasteiger partial charge in [-0.15, -0.1) is 12.4 Å². The van der Waals surface area contributed by atoms with Gasteiger partial charge in [0.1, 0.15) is 5.75 Å². The zero-order valence-electron chi connectivity index (χ0n) is 15.0. The van der Waals surface area contributed by atoms with Crippen LogP contribution >= 0.6 is 12.4 Å². The minimum Gasteiger partial charge on any atom is -0.482 e. The molecule has 25 heavy (non-hydrogen) atoms. The van der Waals surface area contributed by atoms with Crippen molar-refractivity contribution >= 4 is 30.0 Å². The largest absolute Gasteiger partial charge is 0.482 e. The number of carbonyl (C=O) groups excluding carboxylic acids is 2. The Hall–Kier alpha value is -1.79. The van der Waals surface area contributed by atoms with Crippen LogP contribution in [0.15, 0.2) is 18.2 Å². The summed E-state index contributed by atoms with van der Waals surface area (Å²) in [5.74, 6) is -0.103. The van der Waals surface area contributed by atoms with Crippen molar-refractivity contribution in [3.05, 3.63) is 23.8 Å². The quantitative estimate of drug-likeness (QED) is 0.778. The van der Waals surface area contributed by atoms with Crippen molar-refractivity contribution < 1.29 is 19.1 Å². The average molecular weight is 371 g/mol. The first-order valence-electron chi connectivity index (χ1n) is 8.23. The van der Waals surface area contributed by atoms with Gasteiger partial charge in [-0.05, 0) is 50.5 Å². The molecule has 0 bridgehead atoms. The smallest absolute Gasteiger partial charge is 0.343 e. The Kier molecular flexibility index (Phi) is 7.70. The van der Waals surface area contributed by atoms with E-state index in [-0.39, 0.29) is 30.8 Å². The highest BCUT2D eigenvalue weighted by Crippen LogP contribution is 2.33. The van der Waals surface area contributed by atoms with Gasteiger partial charge in [0.15, 0.2) is 6.61 Å². The van der Waals surface area contributed by atoms with Gasteiger partial charge in [-0.25, -0.2) is 4.79 Å². The average Bonchev–Trinajstić information content (AvgIpc) is 2.54. The van der Waals surface area contributed by atoms with E-state index in [1.165, 1.54) is 7.11 Å². The van der Waals surface area contributed by atoms with Crippen LogP contribution in [-0.4, -0.2) is 31.1 Å². The van der Waals surface area contributed by atoms with Crippen LogP contribution in [0.5, 0.6) is 5.75 Å². The molecule has 1 aliphatic rings. The maximum Gasteiger partial charge on any atom is 0.343 e. The van der Waals surface area contributed by atoms with Crippen molar-refractivity contribution in [3.63, 3.8) is 0 Å². The van der Waals surface area contributed by atoms with Gasteiger partial charge in [0, 0.05) is 11.2 Å². The van der Waals surface area contributed by atoms with Crippen LogP contribution in [0, 0.1) is 12.8 Å². The topological polar surface area (TPSA) is 90.6 Å². The third-order valence-electron chi connectivity index (χ3n) is 4.61. The summed E-state index contributed by atoms with van der Waals surface area (Å²) >= 11 is 0. The minimum absolute atomic E-state index is 0. The number of nitrogens with one attached hydrogen (secondary N) is 1. The van der Waals surface area contributed by atoms with Crippen LogP contribution in [0.25, 0.3) is 0 Å². The number of aryl methyl sites for hydroxylation is 1. The molecule has 0 spiro atoms. The van der Waals surface area contributed by atoms with Gasteiger partial charge in [-0.3, -0.25) is 4.79 Å². The lowest BCUT2D eigenvalue weighted by Gasteiger charge is -2.37. The molecular formula is C18H27ClN2O4. The highest BCUT2D eigenvalue weighted by molar-refractivity contribution is 5.94. The number of hydrogen-bond acceptors (Lipinski definition) is 5. The highest BCUT2D eigenvalue weighted by Gasteiger charge is 2.37. The molecule has 2 rings (SSSR count). The third-order valence-corrected chi connectivity index (χ3v) is 4.61. The number of methoxy groups -OCH3 is 1. The third kappa shape index (κ3) is 5.61. The van der Waals surface area contributed by atoms with E-state index in [0.29, 0.717) is 5.75 Å². The molecule has 0 heterocycles. The van der Waals surface area contributed by atoms with Gasteiger partial charge in [0.05, 0.1) is 13.0 Å². The molecular weight excluding hydrogens is 344 g/mol.